The summed E-state index contributed by atoms with van der Waals surface area (Å²) in [4.78, 5) is 40.8. The van der Waals surface area contributed by atoms with Crippen molar-refractivity contribution in [2.75, 3.05) is 12.4 Å². The predicted molar refractivity (Wildman–Crippen MR) is 125 cm³/mol. The molecule has 2 aromatic carbocycles. The number of para-hydroxylation sites is 1. The van der Waals surface area contributed by atoms with E-state index in [2.05, 4.69) is 16.0 Å². The molecule has 34 heavy (non-hydrogen) atoms. The topological polar surface area (TPSA) is 90.5 Å². The van der Waals surface area contributed by atoms with Gasteiger partial charge < -0.3 is 20.9 Å². The van der Waals surface area contributed by atoms with Crippen molar-refractivity contribution in [2.45, 2.75) is 51.9 Å². The highest BCUT2D eigenvalue weighted by atomic mass is 19.1. The Balaban J connectivity index is 1.93. The Labute approximate surface area is 197 Å². The van der Waals surface area contributed by atoms with Crippen LogP contribution < -0.4 is 16.0 Å². The number of hydrogen-bond donors (Lipinski definition) is 3. The van der Waals surface area contributed by atoms with Gasteiger partial charge in [-0.25, -0.2) is 8.78 Å². The van der Waals surface area contributed by atoms with Gasteiger partial charge in [-0.05, 0) is 43.1 Å². The van der Waals surface area contributed by atoms with Gasteiger partial charge in [-0.3, -0.25) is 14.4 Å². The van der Waals surface area contributed by atoms with Crippen LogP contribution >= 0.6 is 0 Å². The van der Waals surface area contributed by atoms with Gasteiger partial charge in [0.1, 0.15) is 29.4 Å². The molecule has 3 N–H and O–H groups in total. The first kappa shape index (κ1) is 25.3. The third kappa shape index (κ3) is 5.41. The summed E-state index contributed by atoms with van der Waals surface area (Å²) in [5, 5.41) is 7.92. The van der Waals surface area contributed by atoms with Gasteiger partial charge in [-0.15, -0.1) is 0 Å². The van der Waals surface area contributed by atoms with E-state index in [0.29, 0.717) is 0 Å². The molecule has 0 bridgehead atoms. The predicted octanol–water partition coefficient (Wildman–Crippen LogP) is 2.61. The summed E-state index contributed by atoms with van der Waals surface area (Å²) in [6, 6.07) is 8.29. The fourth-order valence-electron chi connectivity index (χ4n) is 3.91. The highest BCUT2D eigenvalue weighted by molar-refractivity contribution is 5.99. The number of amides is 3. The summed E-state index contributed by atoms with van der Waals surface area (Å²) < 4.78 is 28.3. The van der Waals surface area contributed by atoms with Crippen LogP contribution in [0.25, 0.3) is 0 Å². The molecule has 3 atom stereocenters. The van der Waals surface area contributed by atoms with Crippen molar-refractivity contribution in [1.29, 1.82) is 0 Å². The number of carbonyl (C=O) groups is 3. The van der Waals surface area contributed by atoms with E-state index in [1.54, 1.807) is 27.8 Å². The van der Waals surface area contributed by atoms with Gasteiger partial charge in [0, 0.05) is 13.0 Å². The van der Waals surface area contributed by atoms with Crippen LogP contribution in [-0.4, -0.2) is 47.8 Å². The molecule has 0 aliphatic carbocycles. The smallest absolute Gasteiger partial charge is 0.247 e. The van der Waals surface area contributed by atoms with Gasteiger partial charge in [0.2, 0.25) is 17.7 Å². The third-order valence-electron chi connectivity index (χ3n) is 6.10. The number of fused-ring (bicyclic) bond motifs is 1. The van der Waals surface area contributed by atoms with E-state index < -0.39 is 47.3 Å². The monoisotopic (exact) mass is 472 g/mol. The van der Waals surface area contributed by atoms with Crippen LogP contribution in [0, 0.1) is 17.6 Å². The first-order valence-corrected chi connectivity index (χ1v) is 11.2. The van der Waals surface area contributed by atoms with E-state index in [-0.39, 0.29) is 24.8 Å². The van der Waals surface area contributed by atoms with Crippen molar-refractivity contribution in [3.05, 3.63) is 65.2 Å². The summed E-state index contributed by atoms with van der Waals surface area (Å²) in [7, 11) is 1.64. The maximum atomic E-state index is 14.2. The van der Waals surface area contributed by atoms with Gasteiger partial charge in [0.25, 0.3) is 0 Å². The largest absolute Gasteiger partial charge is 0.343 e. The quantitative estimate of drug-likeness (QED) is 0.578. The number of benzene rings is 2. The molecule has 182 valence electrons. The van der Waals surface area contributed by atoms with Crippen molar-refractivity contribution in [2.24, 2.45) is 5.92 Å². The zero-order chi connectivity index (χ0) is 25.0. The third-order valence-corrected chi connectivity index (χ3v) is 6.10. The number of carbonyl (C=O) groups excluding carboxylic acids is 3. The Hall–Kier alpha value is -3.33. The molecule has 0 aromatic heterocycles. The number of likely N-dealkylation sites (N-methyl/N-ethyl adjacent to an activating group) is 1. The van der Waals surface area contributed by atoms with Gasteiger partial charge in [-0.1, -0.05) is 44.2 Å². The minimum Gasteiger partial charge on any atom is -0.343 e. The van der Waals surface area contributed by atoms with Crippen LogP contribution in [0.2, 0.25) is 0 Å². The molecule has 3 amide bonds. The molecular formula is C25H30F2N4O3. The molecule has 0 saturated carbocycles. The number of nitrogens with zero attached hydrogens (tertiary/aromatic N) is 1. The maximum absolute atomic E-state index is 14.2. The summed E-state index contributed by atoms with van der Waals surface area (Å²) in [6.07, 6.45) is 0.176. The molecule has 1 aliphatic heterocycles. The lowest BCUT2D eigenvalue weighted by atomic mass is 9.91. The highest BCUT2D eigenvalue weighted by Crippen LogP contribution is 2.27. The van der Waals surface area contributed by atoms with Gasteiger partial charge in [-0.2, -0.15) is 0 Å². The summed E-state index contributed by atoms with van der Waals surface area (Å²) >= 11 is 0. The number of halogens is 2. The molecule has 1 heterocycles. The minimum atomic E-state index is -1.01. The summed E-state index contributed by atoms with van der Waals surface area (Å²) in [5.41, 5.74) is 1.18. The van der Waals surface area contributed by atoms with Crippen molar-refractivity contribution < 1.29 is 23.2 Å². The normalized spacial score (nSPS) is 17.0. The summed E-state index contributed by atoms with van der Waals surface area (Å²) in [6.45, 7) is 5.41. The van der Waals surface area contributed by atoms with E-state index in [9.17, 15) is 23.2 Å². The number of rotatable bonds is 7. The zero-order valence-electron chi connectivity index (χ0n) is 19.7. The standard InChI is InChI=1S/C25H30F2N4O3/c1-14(2)21(29-23(32)15(3)28-4)25(34)31-13-17-9-6-5-8-16(17)12-20(31)24(33)30-22-18(26)10-7-11-19(22)27/h5-11,14-15,20-21,28H,12-13H2,1-4H3,(H,29,32)(H,30,33). The van der Waals surface area contributed by atoms with Gasteiger partial charge in [0.05, 0.1) is 6.04 Å². The molecule has 3 rings (SSSR count). The van der Waals surface area contributed by atoms with Crippen molar-refractivity contribution in [3.8, 4) is 0 Å². The Morgan fingerprint density at radius 2 is 1.59 bits per heavy atom. The summed E-state index contributed by atoms with van der Waals surface area (Å²) in [5.74, 6) is -3.56. The molecule has 1 aliphatic rings. The van der Waals surface area contributed by atoms with Crippen LogP contribution in [0.4, 0.5) is 14.5 Å². The van der Waals surface area contributed by atoms with Crippen LogP contribution in [-0.2, 0) is 27.3 Å². The molecule has 0 fully saturated rings. The molecule has 0 spiro atoms. The Kier molecular flexibility index (Phi) is 7.98. The second-order valence-electron chi connectivity index (χ2n) is 8.78. The average molecular weight is 473 g/mol. The molecule has 0 radical (unpaired) electrons. The van der Waals surface area contributed by atoms with Crippen LogP contribution in [0.15, 0.2) is 42.5 Å². The minimum absolute atomic E-state index is 0.132. The lowest BCUT2D eigenvalue weighted by Gasteiger charge is -2.39. The van der Waals surface area contributed by atoms with Crippen LogP contribution in [0.1, 0.15) is 31.9 Å². The van der Waals surface area contributed by atoms with Crippen LogP contribution in [0.5, 0.6) is 0 Å². The van der Waals surface area contributed by atoms with Crippen LogP contribution in [0.3, 0.4) is 0 Å². The molecule has 3 unspecified atom stereocenters. The van der Waals surface area contributed by atoms with Gasteiger partial charge >= 0.3 is 0 Å². The molecular weight excluding hydrogens is 442 g/mol. The van der Waals surface area contributed by atoms with Crippen molar-refractivity contribution in [3.63, 3.8) is 0 Å². The average Bonchev–Trinajstić information content (AvgIpc) is 2.82. The Morgan fingerprint density at radius 3 is 2.18 bits per heavy atom. The lowest BCUT2D eigenvalue weighted by Crippen LogP contribution is -2.59. The second-order valence-corrected chi connectivity index (χ2v) is 8.78. The first-order valence-electron chi connectivity index (χ1n) is 11.2. The SMILES string of the molecule is CNC(C)C(=O)NC(C(=O)N1Cc2ccccc2CC1C(=O)Nc1c(F)cccc1F)C(C)C. The number of nitrogens with one attached hydrogen (secondary N) is 3. The van der Waals surface area contributed by atoms with E-state index in [1.807, 2.05) is 24.3 Å². The fraction of sp³-hybridized carbons (Fsp3) is 0.400. The van der Waals surface area contributed by atoms with E-state index in [0.717, 1.165) is 23.3 Å². The van der Waals surface area contributed by atoms with E-state index in [4.69, 9.17) is 0 Å². The van der Waals surface area contributed by atoms with Gasteiger partial charge in [0.15, 0.2) is 0 Å². The number of hydrogen-bond acceptors (Lipinski definition) is 4. The van der Waals surface area contributed by atoms with Crippen molar-refractivity contribution >= 4 is 23.4 Å². The number of anilines is 1. The molecule has 7 nitrogen and oxygen atoms in total. The van der Waals surface area contributed by atoms with E-state index in [1.165, 1.54) is 11.0 Å². The lowest BCUT2D eigenvalue weighted by molar-refractivity contribution is -0.144. The zero-order valence-corrected chi connectivity index (χ0v) is 19.7. The van der Waals surface area contributed by atoms with Crippen molar-refractivity contribution in [1.82, 2.24) is 15.5 Å². The molecule has 2 aromatic rings. The Morgan fingerprint density at radius 1 is 0.971 bits per heavy atom. The van der Waals surface area contributed by atoms with E-state index >= 15 is 0 Å². The molecule has 9 heteroatoms. The second kappa shape index (κ2) is 10.7. The Bertz CT molecular complexity index is 1060. The molecule has 0 saturated heterocycles. The highest BCUT2D eigenvalue weighted by Gasteiger charge is 2.39. The maximum Gasteiger partial charge on any atom is 0.247 e. The first-order chi connectivity index (χ1) is 16.1. The fourth-order valence-corrected chi connectivity index (χ4v) is 3.91.